The van der Waals surface area contributed by atoms with Crippen molar-refractivity contribution in [2.45, 2.75) is 13.1 Å². The molecule has 0 aliphatic carbocycles. The number of alkyl halides is 3. The van der Waals surface area contributed by atoms with Gasteiger partial charge in [-0.15, -0.1) is 0 Å². The number of para-hydroxylation sites is 1. The van der Waals surface area contributed by atoms with Crippen LogP contribution in [-0.2, 0) is 6.18 Å². The Labute approximate surface area is 158 Å². The summed E-state index contributed by atoms with van der Waals surface area (Å²) in [5.74, 6) is -0.0444. The minimum absolute atomic E-state index is 0.0334. The van der Waals surface area contributed by atoms with Crippen LogP contribution in [0.2, 0.25) is 0 Å². The van der Waals surface area contributed by atoms with Crippen LogP contribution in [0.15, 0.2) is 36.5 Å². The van der Waals surface area contributed by atoms with E-state index in [1.807, 2.05) is 0 Å². The van der Waals surface area contributed by atoms with Crippen LogP contribution < -0.4 is 4.90 Å². The third kappa shape index (κ3) is 3.90. The molecule has 1 amide bonds. The molecule has 0 bridgehead atoms. The predicted molar refractivity (Wildman–Crippen MR) is 95.2 cm³/mol. The van der Waals surface area contributed by atoms with Crippen molar-refractivity contribution in [3.8, 4) is 0 Å². The molecule has 1 fully saturated rings. The first-order valence-corrected chi connectivity index (χ1v) is 8.50. The molecule has 0 atom stereocenters. The first-order valence-electron chi connectivity index (χ1n) is 8.50. The molecule has 1 aliphatic heterocycles. The number of carbonyl (C=O) groups excluding carboxylic acids is 1. The Morgan fingerprint density at radius 2 is 1.82 bits per heavy atom. The fraction of sp³-hybridized carbons (Fsp3) is 0.333. The maximum absolute atomic E-state index is 12.7. The summed E-state index contributed by atoms with van der Waals surface area (Å²) >= 11 is 0. The number of anilines is 1. The van der Waals surface area contributed by atoms with Gasteiger partial charge in [-0.2, -0.15) is 13.2 Å². The van der Waals surface area contributed by atoms with Gasteiger partial charge in [0.15, 0.2) is 0 Å². The Morgan fingerprint density at radius 3 is 2.36 bits per heavy atom. The van der Waals surface area contributed by atoms with Crippen LogP contribution in [0.3, 0.4) is 0 Å². The van der Waals surface area contributed by atoms with Crippen LogP contribution in [0.1, 0.15) is 21.5 Å². The number of nitrogens with zero attached hydrogens (tertiary/aromatic N) is 4. The van der Waals surface area contributed by atoms with Crippen molar-refractivity contribution in [2.24, 2.45) is 0 Å². The molecular weight excluding hydrogens is 377 g/mol. The second-order valence-corrected chi connectivity index (χ2v) is 6.41. The van der Waals surface area contributed by atoms with Crippen LogP contribution in [0.4, 0.5) is 24.7 Å². The Bertz CT molecular complexity index is 892. The number of hydrogen-bond acceptors (Lipinski definition) is 5. The van der Waals surface area contributed by atoms with E-state index in [1.54, 1.807) is 24.0 Å². The second kappa shape index (κ2) is 7.45. The number of nitro groups is 1. The molecule has 0 N–H and O–H groups in total. The number of pyridine rings is 1. The number of piperazine rings is 1. The van der Waals surface area contributed by atoms with E-state index < -0.39 is 22.6 Å². The highest BCUT2D eigenvalue weighted by atomic mass is 19.4. The van der Waals surface area contributed by atoms with E-state index in [-0.39, 0.29) is 24.3 Å². The number of rotatable bonds is 3. The SMILES string of the molecule is Cc1cccc(C(=O)N2CCN(c3ccc(C(F)(F)F)cn3)CC2)c1[N+](=O)[O-]. The monoisotopic (exact) mass is 394 g/mol. The number of nitro benzene ring substituents is 1. The Kier molecular flexibility index (Phi) is 5.21. The van der Waals surface area contributed by atoms with E-state index in [0.29, 0.717) is 24.5 Å². The molecule has 1 aliphatic rings. The number of hydrogen-bond donors (Lipinski definition) is 0. The summed E-state index contributed by atoms with van der Waals surface area (Å²) in [5, 5.41) is 11.3. The molecule has 0 saturated carbocycles. The molecular formula is C18H17F3N4O3. The number of amides is 1. The summed E-state index contributed by atoms with van der Waals surface area (Å²) in [6.07, 6.45) is -3.66. The number of aromatic nitrogens is 1. The van der Waals surface area contributed by atoms with Gasteiger partial charge in [-0.25, -0.2) is 4.98 Å². The predicted octanol–water partition coefficient (Wildman–Crippen LogP) is 3.28. The van der Waals surface area contributed by atoms with E-state index in [1.165, 1.54) is 17.0 Å². The highest BCUT2D eigenvalue weighted by Gasteiger charge is 2.32. The van der Waals surface area contributed by atoms with Crippen molar-refractivity contribution in [3.63, 3.8) is 0 Å². The van der Waals surface area contributed by atoms with Gasteiger partial charge in [-0.05, 0) is 25.1 Å². The maximum atomic E-state index is 12.7. The quantitative estimate of drug-likeness (QED) is 0.590. The topological polar surface area (TPSA) is 79.6 Å². The number of benzene rings is 1. The van der Waals surface area contributed by atoms with Gasteiger partial charge < -0.3 is 9.80 Å². The van der Waals surface area contributed by atoms with Crippen molar-refractivity contribution in [2.75, 3.05) is 31.1 Å². The van der Waals surface area contributed by atoms with Crippen LogP contribution in [0.5, 0.6) is 0 Å². The van der Waals surface area contributed by atoms with E-state index in [4.69, 9.17) is 0 Å². The van der Waals surface area contributed by atoms with E-state index in [2.05, 4.69) is 4.98 Å². The van der Waals surface area contributed by atoms with Gasteiger partial charge in [0, 0.05) is 37.9 Å². The number of halogens is 3. The Morgan fingerprint density at radius 1 is 1.14 bits per heavy atom. The molecule has 1 aromatic carbocycles. The molecule has 0 unspecified atom stereocenters. The third-order valence-electron chi connectivity index (χ3n) is 4.62. The van der Waals surface area contributed by atoms with Gasteiger partial charge in [0.1, 0.15) is 11.4 Å². The standard InChI is InChI=1S/C18H17F3N4O3/c1-12-3-2-4-14(16(12)25(27)28)17(26)24-9-7-23(8-10-24)15-6-5-13(11-22-15)18(19,20)21/h2-6,11H,7-10H2,1H3. The summed E-state index contributed by atoms with van der Waals surface area (Å²) in [4.78, 5) is 30.6. The van der Waals surface area contributed by atoms with Crippen molar-refractivity contribution < 1.29 is 22.9 Å². The summed E-state index contributed by atoms with van der Waals surface area (Å²) in [6.45, 7) is 2.87. The first-order chi connectivity index (χ1) is 13.2. The second-order valence-electron chi connectivity index (χ2n) is 6.41. The molecule has 10 heteroatoms. The highest BCUT2D eigenvalue weighted by Crippen LogP contribution is 2.30. The molecule has 148 valence electrons. The van der Waals surface area contributed by atoms with Gasteiger partial charge in [-0.3, -0.25) is 14.9 Å². The largest absolute Gasteiger partial charge is 0.417 e. The molecule has 0 radical (unpaired) electrons. The van der Waals surface area contributed by atoms with Crippen LogP contribution >= 0.6 is 0 Å². The summed E-state index contributed by atoms with van der Waals surface area (Å²) in [7, 11) is 0. The zero-order valence-electron chi connectivity index (χ0n) is 14.9. The maximum Gasteiger partial charge on any atom is 0.417 e. The van der Waals surface area contributed by atoms with Gasteiger partial charge in [0.25, 0.3) is 11.6 Å². The first kappa shape index (κ1) is 19.6. The fourth-order valence-corrected chi connectivity index (χ4v) is 3.12. The van der Waals surface area contributed by atoms with Crippen LogP contribution in [0, 0.1) is 17.0 Å². The van der Waals surface area contributed by atoms with E-state index >= 15 is 0 Å². The van der Waals surface area contributed by atoms with Crippen molar-refractivity contribution in [3.05, 3.63) is 63.3 Å². The zero-order chi connectivity index (χ0) is 20.5. The summed E-state index contributed by atoms with van der Waals surface area (Å²) in [5.41, 5.74) is -0.592. The van der Waals surface area contributed by atoms with Crippen LogP contribution in [0.25, 0.3) is 0 Å². The lowest BCUT2D eigenvalue weighted by Crippen LogP contribution is -2.49. The molecule has 28 heavy (non-hydrogen) atoms. The van der Waals surface area contributed by atoms with Gasteiger partial charge >= 0.3 is 6.18 Å². The smallest absolute Gasteiger partial charge is 0.353 e. The highest BCUT2D eigenvalue weighted by molar-refractivity contribution is 5.98. The van der Waals surface area contributed by atoms with E-state index in [9.17, 15) is 28.1 Å². The Balaban J connectivity index is 1.70. The molecule has 2 heterocycles. The number of carbonyl (C=O) groups is 1. The molecule has 1 saturated heterocycles. The normalized spacial score (nSPS) is 14.9. The van der Waals surface area contributed by atoms with Gasteiger partial charge in [-0.1, -0.05) is 12.1 Å². The molecule has 3 rings (SSSR count). The molecule has 0 spiro atoms. The minimum Gasteiger partial charge on any atom is -0.353 e. The summed E-state index contributed by atoms with van der Waals surface area (Å²) < 4.78 is 37.9. The molecule has 1 aromatic heterocycles. The average molecular weight is 394 g/mol. The van der Waals surface area contributed by atoms with Crippen molar-refractivity contribution in [1.29, 1.82) is 0 Å². The van der Waals surface area contributed by atoms with Crippen molar-refractivity contribution >= 4 is 17.4 Å². The fourth-order valence-electron chi connectivity index (χ4n) is 3.12. The van der Waals surface area contributed by atoms with Crippen molar-refractivity contribution in [1.82, 2.24) is 9.88 Å². The lowest BCUT2D eigenvalue weighted by Gasteiger charge is -2.35. The van der Waals surface area contributed by atoms with Crippen LogP contribution in [-0.4, -0.2) is 46.9 Å². The molecule has 7 nitrogen and oxygen atoms in total. The minimum atomic E-state index is -4.45. The average Bonchev–Trinajstić information content (AvgIpc) is 2.66. The zero-order valence-corrected chi connectivity index (χ0v) is 14.9. The lowest BCUT2D eigenvalue weighted by molar-refractivity contribution is -0.385. The molecule has 2 aromatic rings. The van der Waals surface area contributed by atoms with Gasteiger partial charge in [0.2, 0.25) is 0 Å². The Hall–Kier alpha value is -3.17. The third-order valence-corrected chi connectivity index (χ3v) is 4.62. The van der Waals surface area contributed by atoms with Gasteiger partial charge in [0.05, 0.1) is 10.5 Å². The van der Waals surface area contributed by atoms with E-state index in [0.717, 1.165) is 12.3 Å². The lowest BCUT2D eigenvalue weighted by atomic mass is 10.1. The number of aryl methyl sites for hydroxylation is 1. The summed E-state index contributed by atoms with van der Waals surface area (Å²) in [6, 6.07) is 6.86.